The Morgan fingerprint density at radius 1 is 0.907 bits per heavy atom. The lowest BCUT2D eigenvalue weighted by atomic mass is 10.1. The molecule has 2 aliphatic heterocycles. The first-order valence-corrected chi connectivity index (χ1v) is 15.6. The Morgan fingerprint density at radius 2 is 1.58 bits per heavy atom. The molecule has 3 aromatic rings. The average Bonchev–Trinajstić information content (AvgIpc) is 3.00. The number of esters is 1. The van der Waals surface area contributed by atoms with Gasteiger partial charge in [-0.05, 0) is 74.5 Å². The van der Waals surface area contributed by atoms with Crippen molar-refractivity contribution in [3.8, 4) is 5.75 Å². The van der Waals surface area contributed by atoms with Crippen LogP contribution in [0.25, 0.3) is 0 Å². The fraction of sp³-hybridized carbons (Fsp3) is 0.406. The number of hydrogen-bond acceptors (Lipinski definition) is 7. The number of para-hydroxylation sites is 1. The lowest BCUT2D eigenvalue weighted by molar-refractivity contribution is -0.149. The molecule has 11 heteroatoms. The van der Waals surface area contributed by atoms with E-state index in [9.17, 15) is 18.0 Å². The molecule has 2 aliphatic rings. The first kappa shape index (κ1) is 31.5. The molecule has 0 aliphatic carbocycles. The molecule has 1 unspecified atom stereocenters. The SMILES string of the molecule is CC(COc1ccc(Cl)cc1)C(=O)OCCN1CCN(CCCN2c3ccccc3Sc3ccc(C(F)(F)F)cc32)CC1. The van der Waals surface area contributed by atoms with Gasteiger partial charge < -0.3 is 19.3 Å². The Hall–Kier alpha value is -2.92. The lowest BCUT2D eigenvalue weighted by Crippen LogP contribution is -2.47. The van der Waals surface area contributed by atoms with Gasteiger partial charge in [-0.2, -0.15) is 13.2 Å². The summed E-state index contributed by atoms with van der Waals surface area (Å²) in [6.07, 6.45) is -3.56. The monoisotopic (exact) mass is 633 g/mol. The smallest absolute Gasteiger partial charge is 0.416 e. The van der Waals surface area contributed by atoms with Crippen molar-refractivity contribution in [3.63, 3.8) is 0 Å². The van der Waals surface area contributed by atoms with Gasteiger partial charge in [-0.1, -0.05) is 35.5 Å². The Kier molecular flexibility index (Phi) is 10.4. The third kappa shape index (κ3) is 8.38. The van der Waals surface area contributed by atoms with Crippen molar-refractivity contribution in [1.29, 1.82) is 0 Å². The molecule has 1 saturated heterocycles. The summed E-state index contributed by atoms with van der Waals surface area (Å²) in [6, 6.07) is 18.9. The van der Waals surface area contributed by atoms with Crippen molar-refractivity contribution in [2.45, 2.75) is 29.3 Å². The number of benzene rings is 3. The van der Waals surface area contributed by atoms with Crippen molar-refractivity contribution in [2.75, 3.05) is 63.9 Å². The molecule has 0 saturated carbocycles. The number of ether oxygens (including phenoxy) is 2. The Bertz CT molecular complexity index is 1380. The predicted octanol–water partition coefficient (Wildman–Crippen LogP) is 7.23. The van der Waals surface area contributed by atoms with Gasteiger partial charge in [0.05, 0.1) is 22.9 Å². The van der Waals surface area contributed by atoms with Crippen molar-refractivity contribution in [3.05, 3.63) is 77.3 Å². The van der Waals surface area contributed by atoms with Crippen LogP contribution in [0.5, 0.6) is 5.75 Å². The summed E-state index contributed by atoms with van der Waals surface area (Å²) in [5.41, 5.74) is 0.937. The first-order chi connectivity index (χ1) is 20.7. The zero-order valence-electron chi connectivity index (χ0n) is 24.0. The van der Waals surface area contributed by atoms with Crippen LogP contribution in [0.1, 0.15) is 18.9 Å². The quantitative estimate of drug-likeness (QED) is 0.207. The van der Waals surface area contributed by atoms with Crippen LogP contribution in [-0.2, 0) is 15.7 Å². The number of rotatable bonds is 11. The second kappa shape index (κ2) is 14.2. The van der Waals surface area contributed by atoms with Crippen LogP contribution in [0.2, 0.25) is 5.02 Å². The highest BCUT2D eigenvalue weighted by molar-refractivity contribution is 7.99. The summed E-state index contributed by atoms with van der Waals surface area (Å²) in [5, 5.41) is 0.626. The molecule has 0 amide bonds. The van der Waals surface area contributed by atoms with Crippen LogP contribution in [0, 0.1) is 5.92 Å². The molecular formula is C32H35ClF3N3O3S. The minimum absolute atomic E-state index is 0.232. The van der Waals surface area contributed by atoms with E-state index < -0.39 is 11.7 Å². The molecule has 0 aromatic heterocycles. The average molecular weight is 634 g/mol. The molecular weight excluding hydrogens is 599 g/mol. The molecule has 0 N–H and O–H groups in total. The fourth-order valence-corrected chi connectivity index (χ4v) is 6.38. The summed E-state index contributed by atoms with van der Waals surface area (Å²) in [5.74, 6) is -0.0127. The highest BCUT2D eigenvalue weighted by atomic mass is 35.5. The zero-order chi connectivity index (χ0) is 30.4. The maximum atomic E-state index is 13.5. The van der Waals surface area contributed by atoms with E-state index in [1.54, 1.807) is 37.3 Å². The van der Waals surface area contributed by atoms with Gasteiger partial charge in [0.1, 0.15) is 19.0 Å². The second-order valence-corrected chi connectivity index (χ2v) is 12.3. The van der Waals surface area contributed by atoms with Crippen LogP contribution in [-0.4, -0.2) is 74.8 Å². The summed E-state index contributed by atoms with van der Waals surface area (Å²) in [4.78, 5) is 21.0. The minimum Gasteiger partial charge on any atom is -0.493 e. The third-order valence-electron chi connectivity index (χ3n) is 7.64. The molecule has 3 aromatic carbocycles. The third-order valence-corrected chi connectivity index (χ3v) is 9.02. The summed E-state index contributed by atoms with van der Waals surface area (Å²) in [7, 11) is 0. The van der Waals surface area contributed by atoms with E-state index in [-0.39, 0.29) is 18.5 Å². The van der Waals surface area contributed by atoms with E-state index in [4.69, 9.17) is 21.1 Å². The van der Waals surface area contributed by atoms with Gasteiger partial charge >= 0.3 is 12.1 Å². The number of fused-ring (bicyclic) bond motifs is 2. The number of nitrogens with zero attached hydrogens (tertiary/aromatic N) is 3. The number of halogens is 4. The standard InChI is InChI=1S/C32H35ClF3N3O3S/c1-23(22-42-26-10-8-25(33)9-11-26)31(40)41-20-19-38-17-15-37(16-18-38)13-4-14-39-27-5-2-3-6-29(27)43-30-12-7-24(21-28(30)39)32(34,35)36/h2-3,5-12,21,23H,4,13-20,22H2,1H3. The van der Waals surface area contributed by atoms with Gasteiger partial charge in [-0.15, -0.1) is 0 Å². The topological polar surface area (TPSA) is 45.3 Å². The normalized spacial score (nSPS) is 16.3. The van der Waals surface area contributed by atoms with Crippen LogP contribution in [0.4, 0.5) is 24.5 Å². The van der Waals surface area contributed by atoms with E-state index in [1.165, 1.54) is 17.8 Å². The Balaban J connectivity index is 1.04. The van der Waals surface area contributed by atoms with Gasteiger partial charge in [0.15, 0.2) is 0 Å². The molecule has 5 rings (SSSR count). The van der Waals surface area contributed by atoms with E-state index in [2.05, 4.69) is 9.80 Å². The highest BCUT2D eigenvalue weighted by Crippen LogP contribution is 2.49. The van der Waals surface area contributed by atoms with Crippen molar-refractivity contribution < 1.29 is 27.4 Å². The van der Waals surface area contributed by atoms with Crippen LogP contribution >= 0.6 is 23.4 Å². The number of carbonyl (C=O) groups excluding carboxylic acids is 1. The van der Waals surface area contributed by atoms with Crippen molar-refractivity contribution in [2.24, 2.45) is 5.92 Å². The number of alkyl halides is 3. The summed E-state index contributed by atoms with van der Waals surface area (Å²) >= 11 is 7.40. The van der Waals surface area contributed by atoms with Crippen LogP contribution < -0.4 is 9.64 Å². The summed E-state index contributed by atoms with van der Waals surface area (Å²) < 4.78 is 51.6. The number of anilines is 2. The molecule has 1 atom stereocenters. The molecule has 0 bridgehead atoms. The molecule has 43 heavy (non-hydrogen) atoms. The van der Waals surface area contributed by atoms with Crippen molar-refractivity contribution >= 4 is 40.7 Å². The number of hydrogen-bond donors (Lipinski definition) is 0. The van der Waals surface area contributed by atoms with Crippen molar-refractivity contribution in [1.82, 2.24) is 9.80 Å². The molecule has 6 nitrogen and oxygen atoms in total. The second-order valence-electron chi connectivity index (χ2n) is 10.8. The Labute approximate surface area is 259 Å². The molecule has 0 radical (unpaired) electrons. The zero-order valence-corrected chi connectivity index (χ0v) is 25.6. The molecule has 230 valence electrons. The molecule has 2 heterocycles. The van der Waals surface area contributed by atoms with E-state index in [0.717, 1.165) is 60.7 Å². The maximum Gasteiger partial charge on any atom is 0.416 e. The van der Waals surface area contributed by atoms with Gasteiger partial charge in [-0.25, -0.2) is 0 Å². The molecule has 1 fully saturated rings. The Morgan fingerprint density at radius 3 is 2.30 bits per heavy atom. The van der Waals surface area contributed by atoms with E-state index in [1.807, 2.05) is 29.2 Å². The van der Waals surface area contributed by atoms with E-state index >= 15 is 0 Å². The van der Waals surface area contributed by atoms with Gasteiger partial charge in [0.25, 0.3) is 0 Å². The number of piperazine rings is 1. The van der Waals surface area contributed by atoms with Crippen LogP contribution in [0.3, 0.4) is 0 Å². The lowest BCUT2D eigenvalue weighted by Gasteiger charge is -2.36. The largest absolute Gasteiger partial charge is 0.493 e. The molecule has 0 spiro atoms. The van der Waals surface area contributed by atoms with Gasteiger partial charge in [0.2, 0.25) is 0 Å². The van der Waals surface area contributed by atoms with Crippen LogP contribution in [0.15, 0.2) is 76.5 Å². The highest BCUT2D eigenvalue weighted by Gasteiger charge is 2.33. The van der Waals surface area contributed by atoms with E-state index in [0.29, 0.717) is 36.2 Å². The predicted molar refractivity (Wildman–Crippen MR) is 164 cm³/mol. The fourth-order valence-electron chi connectivity index (χ4n) is 5.17. The maximum absolute atomic E-state index is 13.5. The van der Waals surface area contributed by atoms with Gasteiger partial charge in [-0.3, -0.25) is 9.69 Å². The summed E-state index contributed by atoms with van der Waals surface area (Å²) in [6.45, 7) is 8.02. The number of carbonyl (C=O) groups is 1. The first-order valence-electron chi connectivity index (χ1n) is 14.4. The van der Waals surface area contributed by atoms with Gasteiger partial charge in [0, 0.05) is 54.1 Å². The minimum atomic E-state index is -4.38.